The number of methoxy groups -OCH3 is 1. The molecule has 168 valence electrons. The lowest BCUT2D eigenvalue weighted by molar-refractivity contribution is -0.128. The van der Waals surface area contributed by atoms with Crippen molar-refractivity contribution in [2.75, 3.05) is 19.4 Å². The molecule has 1 amide bonds. The first-order chi connectivity index (χ1) is 16.2. The van der Waals surface area contributed by atoms with E-state index in [2.05, 4.69) is 34.5 Å². The normalized spacial score (nSPS) is 10.7. The van der Waals surface area contributed by atoms with Crippen LogP contribution in [0.4, 0.5) is 0 Å². The van der Waals surface area contributed by atoms with Gasteiger partial charge < -0.3 is 9.64 Å². The van der Waals surface area contributed by atoms with Gasteiger partial charge in [0.25, 0.3) is 0 Å². The van der Waals surface area contributed by atoms with Crippen molar-refractivity contribution in [1.29, 1.82) is 0 Å². The molecule has 1 aromatic heterocycles. The molecule has 33 heavy (non-hydrogen) atoms. The third-order valence-corrected chi connectivity index (χ3v) is 6.20. The Morgan fingerprint density at radius 1 is 0.939 bits per heavy atom. The van der Waals surface area contributed by atoms with Crippen molar-refractivity contribution < 1.29 is 9.53 Å². The summed E-state index contributed by atoms with van der Waals surface area (Å²) >= 11 is 1.39. The van der Waals surface area contributed by atoms with Gasteiger partial charge in [-0.1, -0.05) is 72.4 Å². The van der Waals surface area contributed by atoms with Gasteiger partial charge in [-0.05, 0) is 41.8 Å². The first kappa shape index (κ1) is 22.6. The summed E-state index contributed by atoms with van der Waals surface area (Å²) < 4.78 is 7.11. The molecule has 6 nitrogen and oxygen atoms in total. The Morgan fingerprint density at radius 2 is 1.61 bits per heavy atom. The van der Waals surface area contributed by atoms with Crippen LogP contribution in [0.3, 0.4) is 0 Å². The van der Waals surface area contributed by atoms with Crippen LogP contribution in [0, 0.1) is 0 Å². The molecule has 4 rings (SSSR count). The number of aromatic nitrogens is 3. The summed E-state index contributed by atoms with van der Waals surface area (Å²) in [6.07, 6.45) is 2.47. The summed E-state index contributed by atoms with van der Waals surface area (Å²) in [5, 5.41) is 8.94. The lowest BCUT2D eigenvalue weighted by Gasteiger charge is -2.23. The van der Waals surface area contributed by atoms with Crippen LogP contribution >= 0.6 is 11.8 Å². The average molecular weight is 459 g/mol. The van der Waals surface area contributed by atoms with E-state index in [0.717, 1.165) is 23.4 Å². The van der Waals surface area contributed by atoms with Crippen molar-refractivity contribution in [2.45, 2.75) is 18.1 Å². The minimum Gasteiger partial charge on any atom is -0.497 e. The Labute approximate surface area is 198 Å². The van der Waals surface area contributed by atoms with Crippen LogP contribution in [-0.4, -0.2) is 45.0 Å². The van der Waals surface area contributed by atoms with Gasteiger partial charge in [0.05, 0.1) is 12.9 Å². The lowest BCUT2D eigenvalue weighted by atomic mass is 10.1. The molecule has 0 aliphatic rings. The zero-order valence-electron chi connectivity index (χ0n) is 18.5. The molecule has 1 heterocycles. The van der Waals surface area contributed by atoms with Crippen LogP contribution in [0.5, 0.6) is 5.75 Å². The molecule has 0 spiro atoms. The third kappa shape index (κ3) is 6.23. The van der Waals surface area contributed by atoms with Crippen molar-refractivity contribution in [3.05, 3.63) is 102 Å². The summed E-state index contributed by atoms with van der Waals surface area (Å²) in [5.74, 6) is 1.14. The van der Waals surface area contributed by atoms with Crippen LogP contribution in [0.15, 0.2) is 96.4 Å². The van der Waals surface area contributed by atoms with Gasteiger partial charge >= 0.3 is 0 Å². The first-order valence-corrected chi connectivity index (χ1v) is 11.7. The Balaban J connectivity index is 1.43. The molecule has 0 saturated heterocycles. The predicted octanol–water partition coefficient (Wildman–Crippen LogP) is 4.64. The van der Waals surface area contributed by atoms with Gasteiger partial charge in [0.2, 0.25) is 5.91 Å². The summed E-state index contributed by atoms with van der Waals surface area (Å²) in [4.78, 5) is 15.1. The number of rotatable bonds is 10. The molecule has 0 radical (unpaired) electrons. The van der Waals surface area contributed by atoms with Crippen molar-refractivity contribution in [2.24, 2.45) is 0 Å². The number of carbonyl (C=O) groups is 1. The van der Waals surface area contributed by atoms with Crippen molar-refractivity contribution in [3.63, 3.8) is 0 Å². The number of ether oxygens (including phenoxy) is 1. The molecule has 0 N–H and O–H groups in total. The molecule has 0 fully saturated rings. The number of hydrogen-bond acceptors (Lipinski definition) is 5. The molecule has 7 heteroatoms. The van der Waals surface area contributed by atoms with Crippen molar-refractivity contribution in [3.8, 4) is 11.4 Å². The number of amides is 1. The van der Waals surface area contributed by atoms with Crippen LogP contribution in [0.2, 0.25) is 0 Å². The van der Waals surface area contributed by atoms with E-state index in [9.17, 15) is 4.79 Å². The van der Waals surface area contributed by atoms with E-state index < -0.39 is 0 Å². The zero-order valence-corrected chi connectivity index (χ0v) is 19.3. The number of benzene rings is 3. The van der Waals surface area contributed by atoms with Crippen molar-refractivity contribution >= 4 is 17.7 Å². The van der Waals surface area contributed by atoms with Gasteiger partial charge in [-0.2, -0.15) is 0 Å². The zero-order chi connectivity index (χ0) is 22.9. The molecule has 0 aliphatic carbocycles. The maximum absolute atomic E-state index is 13.2. The van der Waals surface area contributed by atoms with Gasteiger partial charge in [-0.25, -0.2) is 0 Å². The average Bonchev–Trinajstić information content (AvgIpc) is 3.35. The van der Waals surface area contributed by atoms with E-state index in [-0.39, 0.29) is 11.7 Å². The highest BCUT2D eigenvalue weighted by Crippen LogP contribution is 2.22. The topological polar surface area (TPSA) is 60.2 Å². The maximum atomic E-state index is 13.2. The van der Waals surface area contributed by atoms with Gasteiger partial charge in [0.1, 0.15) is 12.1 Å². The second-order valence-electron chi connectivity index (χ2n) is 7.51. The number of nitrogens with zero attached hydrogens (tertiary/aromatic N) is 4. The Kier molecular flexibility index (Phi) is 7.76. The number of thioether (sulfide) groups is 1. The van der Waals surface area contributed by atoms with Crippen LogP contribution < -0.4 is 4.74 Å². The highest BCUT2D eigenvalue weighted by molar-refractivity contribution is 7.99. The fraction of sp³-hybridized carbons (Fsp3) is 0.192. The Bertz CT molecular complexity index is 1150. The molecule has 0 atom stereocenters. The molecule has 3 aromatic carbocycles. The summed E-state index contributed by atoms with van der Waals surface area (Å²) in [6.45, 7) is 1.24. The molecular formula is C26H26N4O2S. The predicted molar refractivity (Wildman–Crippen MR) is 131 cm³/mol. The van der Waals surface area contributed by atoms with Crippen LogP contribution in [0.25, 0.3) is 5.69 Å². The van der Waals surface area contributed by atoms with Crippen LogP contribution in [0.1, 0.15) is 11.1 Å². The number of carbonyl (C=O) groups excluding carboxylic acids is 1. The monoisotopic (exact) mass is 458 g/mol. The van der Waals surface area contributed by atoms with Crippen LogP contribution in [-0.2, 0) is 17.8 Å². The molecular weight excluding hydrogens is 432 g/mol. The second kappa shape index (κ2) is 11.3. The van der Waals surface area contributed by atoms with E-state index in [1.807, 2.05) is 70.1 Å². The standard InChI is InChI=1S/C26H26N4O2S/c1-32-24-14-12-23(13-15-24)30-20-27-28-26(30)33-19-25(31)29(18-22-10-6-3-7-11-22)17-16-21-8-4-2-5-9-21/h2-15,20H,16-19H2,1H3. The fourth-order valence-electron chi connectivity index (χ4n) is 3.46. The third-order valence-electron chi connectivity index (χ3n) is 5.27. The first-order valence-electron chi connectivity index (χ1n) is 10.8. The van der Waals surface area contributed by atoms with Gasteiger partial charge in [-0.3, -0.25) is 9.36 Å². The summed E-state index contributed by atoms with van der Waals surface area (Å²) in [6, 6.07) is 28.0. The van der Waals surface area contributed by atoms with Crippen molar-refractivity contribution in [1.82, 2.24) is 19.7 Å². The summed E-state index contributed by atoms with van der Waals surface area (Å²) in [7, 11) is 1.64. The fourth-order valence-corrected chi connectivity index (χ4v) is 4.30. The SMILES string of the molecule is COc1ccc(-n2cnnc2SCC(=O)N(CCc2ccccc2)Cc2ccccc2)cc1. The highest BCUT2D eigenvalue weighted by atomic mass is 32.2. The lowest BCUT2D eigenvalue weighted by Crippen LogP contribution is -2.34. The maximum Gasteiger partial charge on any atom is 0.233 e. The largest absolute Gasteiger partial charge is 0.497 e. The molecule has 0 bridgehead atoms. The Morgan fingerprint density at radius 3 is 2.27 bits per heavy atom. The quantitative estimate of drug-likeness (QED) is 0.324. The van der Waals surface area contributed by atoms with E-state index in [1.54, 1.807) is 13.4 Å². The molecule has 4 aromatic rings. The minimum absolute atomic E-state index is 0.0732. The van der Waals surface area contributed by atoms with Gasteiger partial charge in [0.15, 0.2) is 5.16 Å². The van der Waals surface area contributed by atoms with E-state index >= 15 is 0 Å². The number of hydrogen-bond donors (Lipinski definition) is 0. The Hall–Kier alpha value is -3.58. The second-order valence-corrected chi connectivity index (χ2v) is 8.45. The highest BCUT2D eigenvalue weighted by Gasteiger charge is 2.17. The molecule has 0 saturated carbocycles. The molecule has 0 unspecified atom stereocenters. The minimum atomic E-state index is 0.0732. The van der Waals surface area contributed by atoms with Gasteiger partial charge in [0, 0.05) is 18.8 Å². The van der Waals surface area contributed by atoms with E-state index in [4.69, 9.17) is 4.74 Å². The smallest absolute Gasteiger partial charge is 0.233 e. The van der Waals surface area contributed by atoms with E-state index in [0.29, 0.717) is 18.2 Å². The molecule has 0 aliphatic heterocycles. The van der Waals surface area contributed by atoms with E-state index in [1.165, 1.54) is 17.3 Å². The van der Waals surface area contributed by atoms with Gasteiger partial charge in [-0.15, -0.1) is 10.2 Å². The summed E-state index contributed by atoms with van der Waals surface area (Å²) in [5.41, 5.74) is 3.25.